The second kappa shape index (κ2) is 8.42. The van der Waals surface area contributed by atoms with E-state index in [2.05, 4.69) is 27.9 Å². The standard InChI is InChI=1S/C20H19ClFN5OS/c1-2-3-16-24-25-20-27(16)26-17(12-4-8-14(22)9-5-12)18(29-20)19(28)23-15-10-6-13(21)7-11-15/h4-11,17-18,26H,2-3H2,1H3,(H,23,28)/t17-,18-/m0/s1. The van der Waals surface area contributed by atoms with Gasteiger partial charge in [-0.1, -0.05) is 42.4 Å². The lowest BCUT2D eigenvalue weighted by Gasteiger charge is -2.33. The summed E-state index contributed by atoms with van der Waals surface area (Å²) in [6.45, 7) is 2.07. The molecule has 0 unspecified atom stereocenters. The van der Waals surface area contributed by atoms with Gasteiger partial charge >= 0.3 is 0 Å². The molecular formula is C20H19ClFN5OS. The van der Waals surface area contributed by atoms with Crippen LogP contribution in [0.2, 0.25) is 5.02 Å². The van der Waals surface area contributed by atoms with Crippen molar-refractivity contribution < 1.29 is 9.18 Å². The molecule has 0 spiro atoms. The molecule has 1 amide bonds. The number of fused-ring (bicyclic) bond motifs is 1. The lowest BCUT2D eigenvalue weighted by Crippen LogP contribution is -2.41. The first-order chi connectivity index (χ1) is 14.0. The van der Waals surface area contributed by atoms with E-state index in [1.807, 2.05) is 4.68 Å². The third-order valence-electron chi connectivity index (χ3n) is 4.58. The van der Waals surface area contributed by atoms with E-state index in [1.165, 1.54) is 23.9 Å². The van der Waals surface area contributed by atoms with E-state index in [1.54, 1.807) is 36.4 Å². The number of carbonyl (C=O) groups is 1. The minimum absolute atomic E-state index is 0.189. The Hall–Kier alpha value is -2.58. The van der Waals surface area contributed by atoms with Crippen molar-refractivity contribution in [3.8, 4) is 0 Å². The van der Waals surface area contributed by atoms with Crippen molar-refractivity contribution in [2.24, 2.45) is 0 Å². The monoisotopic (exact) mass is 431 g/mol. The Morgan fingerprint density at radius 3 is 2.62 bits per heavy atom. The minimum Gasteiger partial charge on any atom is -0.325 e. The molecule has 3 aromatic rings. The molecule has 0 radical (unpaired) electrons. The first-order valence-electron chi connectivity index (χ1n) is 9.24. The largest absolute Gasteiger partial charge is 0.325 e. The first kappa shape index (κ1) is 19.7. The number of aromatic nitrogens is 3. The summed E-state index contributed by atoms with van der Waals surface area (Å²) < 4.78 is 15.3. The lowest BCUT2D eigenvalue weighted by molar-refractivity contribution is -0.116. The summed E-state index contributed by atoms with van der Waals surface area (Å²) in [6, 6.07) is 12.7. The Morgan fingerprint density at radius 1 is 1.21 bits per heavy atom. The fourth-order valence-electron chi connectivity index (χ4n) is 3.15. The third-order valence-corrected chi connectivity index (χ3v) is 6.04. The number of nitrogens with zero attached hydrogens (tertiary/aromatic N) is 3. The van der Waals surface area contributed by atoms with Crippen LogP contribution in [0.4, 0.5) is 10.1 Å². The van der Waals surface area contributed by atoms with Crippen LogP contribution in [0.3, 0.4) is 0 Å². The van der Waals surface area contributed by atoms with Crippen molar-refractivity contribution in [2.75, 3.05) is 10.7 Å². The van der Waals surface area contributed by atoms with Crippen LogP contribution in [0.15, 0.2) is 53.7 Å². The van der Waals surface area contributed by atoms with Crippen LogP contribution in [0.5, 0.6) is 0 Å². The maximum Gasteiger partial charge on any atom is 0.240 e. The van der Waals surface area contributed by atoms with E-state index in [0.29, 0.717) is 15.9 Å². The molecule has 0 fully saturated rings. The number of aryl methyl sites for hydroxylation is 1. The van der Waals surface area contributed by atoms with Crippen LogP contribution in [0.1, 0.15) is 30.8 Å². The van der Waals surface area contributed by atoms with Gasteiger partial charge in [-0.25, -0.2) is 9.07 Å². The molecule has 2 heterocycles. The van der Waals surface area contributed by atoms with E-state index < -0.39 is 5.25 Å². The molecule has 9 heteroatoms. The van der Waals surface area contributed by atoms with Crippen LogP contribution in [-0.4, -0.2) is 26.0 Å². The normalized spacial score (nSPS) is 18.0. The second-order valence-corrected chi connectivity index (χ2v) is 8.22. The molecule has 1 aliphatic heterocycles. The summed E-state index contributed by atoms with van der Waals surface area (Å²) in [7, 11) is 0. The van der Waals surface area contributed by atoms with Gasteiger partial charge in [0.25, 0.3) is 0 Å². The molecule has 2 aromatic carbocycles. The van der Waals surface area contributed by atoms with Gasteiger partial charge in [0.2, 0.25) is 11.1 Å². The molecular weight excluding hydrogens is 413 g/mol. The fraction of sp³-hybridized carbons (Fsp3) is 0.250. The molecule has 4 rings (SSSR count). The van der Waals surface area contributed by atoms with Gasteiger partial charge < -0.3 is 10.7 Å². The molecule has 1 aromatic heterocycles. The number of thioether (sulfide) groups is 1. The van der Waals surface area contributed by atoms with Crippen LogP contribution in [0, 0.1) is 5.82 Å². The summed E-state index contributed by atoms with van der Waals surface area (Å²) in [4.78, 5) is 13.1. The van der Waals surface area contributed by atoms with E-state index in [4.69, 9.17) is 11.6 Å². The lowest BCUT2D eigenvalue weighted by atomic mass is 10.0. The van der Waals surface area contributed by atoms with E-state index in [0.717, 1.165) is 24.2 Å². The molecule has 6 nitrogen and oxygen atoms in total. The molecule has 0 saturated heterocycles. The van der Waals surface area contributed by atoms with Crippen molar-refractivity contribution in [3.05, 3.63) is 70.8 Å². The van der Waals surface area contributed by atoms with Gasteiger partial charge in [0.05, 0.1) is 6.04 Å². The van der Waals surface area contributed by atoms with E-state index >= 15 is 0 Å². The van der Waals surface area contributed by atoms with Crippen molar-refractivity contribution in [1.82, 2.24) is 14.9 Å². The highest BCUT2D eigenvalue weighted by Crippen LogP contribution is 2.37. The van der Waals surface area contributed by atoms with Gasteiger partial charge in [-0.3, -0.25) is 4.79 Å². The first-order valence-corrected chi connectivity index (χ1v) is 10.5. The number of hydrogen-bond donors (Lipinski definition) is 2. The van der Waals surface area contributed by atoms with Gasteiger partial charge in [-0.15, -0.1) is 10.2 Å². The highest BCUT2D eigenvalue weighted by Gasteiger charge is 2.37. The highest BCUT2D eigenvalue weighted by molar-refractivity contribution is 8.00. The summed E-state index contributed by atoms with van der Waals surface area (Å²) >= 11 is 7.26. The number of nitrogens with one attached hydrogen (secondary N) is 2. The predicted molar refractivity (Wildman–Crippen MR) is 112 cm³/mol. The summed E-state index contributed by atoms with van der Waals surface area (Å²) in [5.41, 5.74) is 4.81. The second-order valence-electron chi connectivity index (χ2n) is 6.68. The zero-order valence-electron chi connectivity index (χ0n) is 15.6. The number of benzene rings is 2. The Balaban J connectivity index is 1.65. The predicted octanol–water partition coefficient (Wildman–Crippen LogP) is 4.42. The summed E-state index contributed by atoms with van der Waals surface area (Å²) in [5.74, 6) is 0.292. The number of carbonyl (C=O) groups excluding carboxylic acids is 1. The smallest absolute Gasteiger partial charge is 0.240 e. The maximum absolute atomic E-state index is 13.4. The van der Waals surface area contributed by atoms with Crippen molar-refractivity contribution >= 4 is 35.0 Å². The van der Waals surface area contributed by atoms with Crippen LogP contribution >= 0.6 is 23.4 Å². The summed E-state index contributed by atoms with van der Waals surface area (Å²) in [5, 5.41) is 12.1. The average molecular weight is 432 g/mol. The van der Waals surface area contributed by atoms with Crippen molar-refractivity contribution in [3.63, 3.8) is 0 Å². The molecule has 0 aliphatic carbocycles. The number of hydrogen-bond acceptors (Lipinski definition) is 5. The Labute approximate surface area is 176 Å². The Kier molecular flexibility index (Phi) is 5.73. The average Bonchev–Trinajstić information content (AvgIpc) is 3.11. The van der Waals surface area contributed by atoms with Crippen molar-refractivity contribution in [1.29, 1.82) is 0 Å². The molecule has 0 saturated carbocycles. The number of amides is 1. The van der Waals surface area contributed by atoms with E-state index in [-0.39, 0.29) is 17.8 Å². The summed E-state index contributed by atoms with van der Waals surface area (Å²) in [6.07, 6.45) is 1.69. The molecule has 29 heavy (non-hydrogen) atoms. The number of halogens is 2. The Bertz CT molecular complexity index is 1010. The fourth-order valence-corrected chi connectivity index (χ4v) is 4.38. The third kappa shape index (κ3) is 4.23. The van der Waals surface area contributed by atoms with Crippen molar-refractivity contribution in [2.45, 2.75) is 36.2 Å². The molecule has 150 valence electrons. The molecule has 2 atom stereocenters. The van der Waals surface area contributed by atoms with Crippen LogP contribution < -0.4 is 10.7 Å². The van der Waals surface area contributed by atoms with Crippen LogP contribution in [0.25, 0.3) is 0 Å². The van der Waals surface area contributed by atoms with E-state index in [9.17, 15) is 9.18 Å². The number of anilines is 1. The molecule has 2 N–H and O–H groups in total. The highest BCUT2D eigenvalue weighted by atomic mass is 35.5. The van der Waals surface area contributed by atoms with Gasteiger partial charge in [0.15, 0.2) is 5.82 Å². The van der Waals surface area contributed by atoms with Gasteiger partial charge in [0, 0.05) is 17.1 Å². The van der Waals surface area contributed by atoms with Gasteiger partial charge in [-0.05, 0) is 48.4 Å². The SMILES string of the molecule is CCCc1nnc2n1N[C@@H](c1ccc(F)cc1)[C@@H](C(=O)Nc1ccc(Cl)cc1)S2. The molecule has 0 bridgehead atoms. The minimum atomic E-state index is -0.526. The quantitative estimate of drug-likeness (QED) is 0.625. The molecule has 1 aliphatic rings. The zero-order chi connectivity index (χ0) is 20.4. The van der Waals surface area contributed by atoms with Crippen LogP contribution in [-0.2, 0) is 11.2 Å². The van der Waals surface area contributed by atoms with Gasteiger partial charge in [-0.2, -0.15) is 0 Å². The topological polar surface area (TPSA) is 71.8 Å². The zero-order valence-corrected chi connectivity index (χ0v) is 17.2. The number of rotatable bonds is 5. The Morgan fingerprint density at radius 2 is 1.93 bits per heavy atom. The van der Waals surface area contributed by atoms with Gasteiger partial charge in [0.1, 0.15) is 11.1 Å². The maximum atomic E-state index is 13.4.